The first-order valence-corrected chi connectivity index (χ1v) is 11.9. The fourth-order valence-electron chi connectivity index (χ4n) is 3.10. The second kappa shape index (κ2) is 10.9. The zero-order valence-corrected chi connectivity index (χ0v) is 21.2. The van der Waals surface area contributed by atoms with E-state index in [0.717, 1.165) is 17.3 Å². The number of aryl methyl sites for hydroxylation is 2. The number of halogens is 1. The number of thioether (sulfide) groups is 1. The molecule has 0 spiro atoms. The molecule has 8 heteroatoms. The van der Waals surface area contributed by atoms with Crippen molar-refractivity contribution in [3.05, 3.63) is 51.8 Å². The van der Waals surface area contributed by atoms with Crippen LogP contribution in [-0.2, 0) is 21.4 Å². The normalized spacial score (nSPS) is 13.2. The van der Waals surface area contributed by atoms with Crippen LogP contribution in [-0.4, -0.2) is 27.1 Å². The third-order valence-corrected chi connectivity index (χ3v) is 5.83. The lowest BCUT2D eigenvalue weighted by Gasteiger charge is -2.21. The molecule has 1 aromatic heterocycles. The van der Waals surface area contributed by atoms with Gasteiger partial charge in [0.15, 0.2) is 5.76 Å². The summed E-state index contributed by atoms with van der Waals surface area (Å²) >= 11 is 7.63. The molecule has 6 nitrogen and oxygen atoms in total. The summed E-state index contributed by atoms with van der Waals surface area (Å²) in [5.74, 6) is 0.816. The highest BCUT2D eigenvalue weighted by Gasteiger charge is 2.26. The van der Waals surface area contributed by atoms with Crippen LogP contribution in [0.5, 0.6) is 0 Å². The van der Waals surface area contributed by atoms with E-state index in [2.05, 4.69) is 31.9 Å². The Hall–Kier alpha value is -2.43. The summed E-state index contributed by atoms with van der Waals surface area (Å²) in [6.07, 6.45) is -0.926. The molecule has 0 saturated carbocycles. The van der Waals surface area contributed by atoms with Gasteiger partial charge in [0.2, 0.25) is 6.29 Å². The minimum atomic E-state index is -0.926. The molecule has 1 unspecified atom stereocenters. The lowest BCUT2D eigenvalue weighted by molar-refractivity contribution is -0.0254. The van der Waals surface area contributed by atoms with Crippen LogP contribution >= 0.6 is 23.4 Å². The van der Waals surface area contributed by atoms with Gasteiger partial charge in [0.05, 0.1) is 10.7 Å². The first-order valence-electron chi connectivity index (χ1n) is 10.5. The first kappa shape index (κ1) is 25.8. The average Bonchev–Trinajstić information content (AvgIpc) is 3.01. The Morgan fingerprint density at radius 2 is 1.88 bits per heavy atom. The molecule has 1 heterocycles. The molecule has 172 valence electrons. The lowest BCUT2D eigenvalue weighted by atomic mass is 9.86. The lowest BCUT2D eigenvalue weighted by Crippen LogP contribution is -2.17. The molecule has 0 aliphatic heterocycles. The largest absolute Gasteiger partial charge is 0.451 e. The molecule has 0 radical (unpaired) electrons. The minimum absolute atomic E-state index is 0.0186. The van der Waals surface area contributed by atoms with Gasteiger partial charge in [0, 0.05) is 19.2 Å². The smallest absolute Gasteiger partial charge is 0.370 e. The molecule has 0 fully saturated rings. The van der Waals surface area contributed by atoms with Gasteiger partial charge in [-0.1, -0.05) is 63.6 Å². The number of benzene rings is 1. The maximum Gasteiger partial charge on any atom is 0.370 e. The van der Waals surface area contributed by atoms with Crippen LogP contribution in [0.3, 0.4) is 0 Å². The van der Waals surface area contributed by atoms with E-state index >= 15 is 0 Å². The molecule has 0 aliphatic rings. The van der Waals surface area contributed by atoms with Crippen molar-refractivity contribution in [3.63, 3.8) is 0 Å². The van der Waals surface area contributed by atoms with Crippen LogP contribution in [0.15, 0.2) is 24.3 Å². The summed E-state index contributed by atoms with van der Waals surface area (Å²) in [7, 11) is 0. The average molecular weight is 476 g/mol. The van der Waals surface area contributed by atoms with E-state index in [1.165, 1.54) is 0 Å². The summed E-state index contributed by atoms with van der Waals surface area (Å²) in [5.41, 5.74) is 3.19. The number of nitrogens with zero attached hydrogens (tertiary/aromatic N) is 3. The maximum atomic E-state index is 11.9. The van der Waals surface area contributed by atoms with Crippen molar-refractivity contribution in [2.45, 2.75) is 66.7 Å². The van der Waals surface area contributed by atoms with Crippen molar-refractivity contribution in [3.8, 4) is 6.07 Å². The number of carbonyl (C=O) groups is 1. The van der Waals surface area contributed by atoms with E-state index in [4.69, 9.17) is 21.1 Å². The van der Waals surface area contributed by atoms with E-state index < -0.39 is 11.6 Å². The molecule has 2 aromatic rings. The predicted molar refractivity (Wildman–Crippen MR) is 130 cm³/mol. The number of carbonyl (C=O) groups excluding carboxylic acids is 1. The van der Waals surface area contributed by atoms with Crippen molar-refractivity contribution in [1.29, 1.82) is 5.26 Å². The molecule has 0 saturated heterocycles. The zero-order chi connectivity index (χ0) is 24.1. The second-order valence-electron chi connectivity index (χ2n) is 8.19. The molecular formula is C24H30ClN3O3S. The Morgan fingerprint density at radius 3 is 2.38 bits per heavy atom. The van der Waals surface area contributed by atoms with Gasteiger partial charge < -0.3 is 9.47 Å². The van der Waals surface area contributed by atoms with Crippen molar-refractivity contribution >= 4 is 40.0 Å². The van der Waals surface area contributed by atoms with Gasteiger partial charge in [0.25, 0.3) is 0 Å². The maximum absolute atomic E-state index is 11.9. The molecule has 2 rings (SSSR count). The summed E-state index contributed by atoms with van der Waals surface area (Å²) < 4.78 is 13.1. The van der Waals surface area contributed by atoms with Gasteiger partial charge in [-0.15, -0.1) is 0 Å². The van der Waals surface area contributed by atoms with E-state index in [1.54, 1.807) is 18.5 Å². The summed E-state index contributed by atoms with van der Waals surface area (Å²) in [5, 5.41) is 14.5. The number of hydrogen-bond acceptors (Lipinski definition) is 6. The van der Waals surface area contributed by atoms with Crippen molar-refractivity contribution in [2.75, 3.05) is 5.75 Å². The molecule has 1 atom stereocenters. The molecule has 0 amide bonds. The fourth-order valence-corrected chi connectivity index (χ4v) is 3.76. The van der Waals surface area contributed by atoms with Crippen molar-refractivity contribution in [2.24, 2.45) is 0 Å². The number of nitriles is 1. The third kappa shape index (κ3) is 6.08. The highest BCUT2D eigenvalue weighted by atomic mass is 35.5. The van der Waals surface area contributed by atoms with E-state index in [1.807, 2.05) is 38.1 Å². The Bertz CT molecular complexity index is 1030. The van der Waals surface area contributed by atoms with Crippen LogP contribution in [0.25, 0.3) is 11.3 Å². The zero-order valence-electron chi connectivity index (χ0n) is 19.7. The van der Waals surface area contributed by atoms with Crippen LogP contribution in [0, 0.1) is 18.3 Å². The van der Waals surface area contributed by atoms with E-state index in [9.17, 15) is 10.1 Å². The highest BCUT2D eigenvalue weighted by Crippen LogP contribution is 2.35. The Labute approximate surface area is 199 Å². The molecule has 1 aromatic carbocycles. The Balaban J connectivity index is 2.64. The predicted octanol–water partition coefficient (Wildman–Crippen LogP) is 6.81. The van der Waals surface area contributed by atoms with Gasteiger partial charge in [-0.05, 0) is 42.2 Å². The second-order valence-corrected chi connectivity index (χ2v) is 9.77. The quantitative estimate of drug-likeness (QED) is 0.189. The van der Waals surface area contributed by atoms with Crippen molar-refractivity contribution in [1.82, 2.24) is 9.78 Å². The third-order valence-electron chi connectivity index (χ3n) is 4.76. The van der Waals surface area contributed by atoms with Gasteiger partial charge in [-0.3, -0.25) is 4.68 Å². The van der Waals surface area contributed by atoms with E-state index in [-0.39, 0.29) is 16.7 Å². The van der Waals surface area contributed by atoms with Crippen LogP contribution < -0.4 is 0 Å². The topological polar surface area (TPSA) is 77.1 Å². The summed E-state index contributed by atoms with van der Waals surface area (Å²) in [4.78, 5) is 11.9. The van der Waals surface area contributed by atoms with Crippen LogP contribution in [0.1, 0.15) is 64.1 Å². The number of rotatable bonds is 7. The Morgan fingerprint density at radius 1 is 1.25 bits per heavy atom. The molecule has 0 N–H and O–H groups in total. The van der Waals surface area contributed by atoms with Crippen LogP contribution in [0.2, 0.25) is 5.02 Å². The van der Waals surface area contributed by atoms with Gasteiger partial charge in [-0.25, -0.2) is 4.79 Å². The molecular weight excluding hydrogens is 446 g/mol. The monoisotopic (exact) mass is 475 g/mol. The van der Waals surface area contributed by atoms with Gasteiger partial charge in [-0.2, -0.15) is 10.4 Å². The summed E-state index contributed by atoms with van der Waals surface area (Å²) in [6, 6.07) is 10.0. The number of aromatic nitrogens is 2. The minimum Gasteiger partial charge on any atom is -0.451 e. The Kier molecular flexibility index (Phi) is 8.82. The van der Waals surface area contributed by atoms with Gasteiger partial charge in [0.1, 0.15) is 17.3 Å². The number of allylic oxidation sites excluding steroid dienone is 1. The van der Waals surface area contributed by atoms with Gasteiger partial charge >= 0.3 is 5.30 Å². The van der Waals surface area contributed by atoms with Crippen LogP contribution in [0.4, 0.5) is 4.79 Å². The van der Waals surface area contributed by atoms with Crippen molar-refractivity contribution < 1.29 is 14.3 Å². The number of hydrogen-bond donors (Lipinski definition) is 0. The fraction of sp³-hybridized carbons (Fsp3) is 0.458. The molecule has 32 heavy (non-hydrogen) atoms. The molecule has 0 bridgehead atoms. The standard InChI is InChI=1S/C24H30ClN3O3S/c1-8-28-21(20(25)15(3)27-28)22(30-16(4)31-23(29)32-9-2)19(14-26)17-10-12-18(13-11-17)24(5,6)7/h10-13,16H,8-9H2,1-7H3/b22-19-. The summed E-state index contributed by atoms with van der Waals surface area (Å²) in [6.45, 7) is 14.1. The first-order chi connectivity index (χ1) is 15.0. The number of ether oxygens (including phenoxy) is 2. The highest BCUT2D eigenvalue weighted by molar-refractivity contribution is 8.13. The SMILES string of the molecule is CCSC(=O)OC(C)O/C(=C(/C#N)c1ccc(C(C)(C)C)cc1)c1c(Cl)c(C)nn1CC. The van der Waals surface area contributed by atoms with E-state index in [0.29, 0.717) is 34.3 Å². The molecule has 0 aliphatic carbocycles.